The van der Waals surface area contributed by atoms with Gasteiger partial charge in [-0.15, -0.1) is 0 Å². The molecule has 3 fully saturated rings. The van der Waals surface area contributed by atoms with E-state index in [1.165, 1.54) is 19.0 Å². The van der Waals surface area contributed by atoms with E-state index in [0.717, 1.165) is 79.2 Å². The zero-order valence-corrected chi connectivity index (χ0v) is 71.1. The summed E-state index contributed by atoms with van der Waals surface area (Å²) in [5, 5.41) is 9.18. The molecule has 2 N–H and O–H groups in total. The highest BCUT2D eigenvalue weighted by Crippen LogP contribution is 2.43. The molecule has 0 bridgehead atoms. The maximum atomic E-state index is 14.1. The molecule has 3 amide bonds. The fourth-order valence-electron chi connectivity index (χ4n) is 16.7. The first-order valence-corrected chi connectivity index (χ1v) is 41.9. The van der Waals surface area contributed by atoms with Gasteiger partial charge in [0.05, 0.1) is 117 Å². The first-order chi connectivity index (χ1) is 60.3. The van der Waals surface area contributed by atoms with E-state index in [2.05, 4.69) is 55.2 Å². The van der Waals surface area contributed by atoms with Crippen molar-refractivity contribution in [3.05, 3.63) is 310 Å². The second-order valence-corrected chi connectivity index (χ2v) is 32.1. The average Bonchev–Trinajstić information content (AvgIpc) is 1.38. The Bertz CT molecular complexity index is 6600. The van der Waals surface area contributed by atoms with E-state index in [0.29, 0.717) is 163 Å². The van der Waals surface area contributed by atoms with Gasteiger partial charge in [-0.05, 0) is 153 Å². The number of methoxy groups -OCH3 is 2. The van der Waals surface area contributed by atoms with Crippen molar-refractivity contribution in [2.45, 2.75) is 69.7 Å². The van der Waals surface area contributed by atoms with Gasteiger partial charge in [-0.1, -0.05) is 143 Å². The zero-order valence-electron chi connectivity index (χ0n) is 68.1. The second-order valence-electron chi connectivity index (χ2n) is 30.5. The van der Waals surface area contributed by atoms with Crippen molar-refractivity contribution in [1.29, 1.82) is 0 Å². The maximum absolute atomic E-state index is 14.1. The van der Waals surface area contributed by atoms with E-state index in [4.69, 9.17) is 70.8 Å². The highest BCUT2D eigenvalue weighted by molar-refractivity contribution is 6.36. The number of nitrogens with one attached hydrogen (secondary N) is 2. The summed E-state index contributed by atoms with van der Waals surface area (Å²) in [6.07, 6.45) is 9.59. The summed E-state index contributed by atoms with van der Waals surface area (Å²) in [4.78, 5) is 134. The maximum Gasteiger partial charge on any atom is 0.267 e. The number of amides is 3. The van der Waals surface area contributed by atoms with Crippen LogP contribution in [0, 0.1) is 0 Å². The van der Waals surface area contributed by atoms with Crippen LogP contribution < -0.4 is 56.4 Å². The normalized spacial score (nSPS) is 16.6. The number of para-hydroxylation sites is 3. The molecule has 2 unspecified atom stereocenters. The smallest absolute Gasteiger partial charge is 0.267 e. The molecule has 33 heteroatoms. The zero-order chi connectivity index (χ0) is 86.0. The number of aromatic nitrogens is 12. The summed E-state index contributed by atoms with van der Waals surface area (Å²) in [6.45, 7) is 4.64. The van der Waals surface area contributed by atoms with Crippen LogP contribution in [0.3, 0.4) is 0 Å². The molecule has 6 aromatic heterocycles. The van der Waals surface area contributed by atoms with E-state index < -0.39 is 0 Å². The number of hydrogen-bond acceptors (Lipinski definition) is 23. The Morgan fingerprint density at radius 2 is 0.798 bits per heavy atom. The summed E-state index contributed by atoms with van der Waals surface area (Å²) in [7, 11) is 8.53. The Morgan fingerprint density at radius 3 is 1.24 bits per heavy atom. The van der Waals surface area contributed by atoms with Crippen LogP contribution in [0.15, 0.2) is 227 Å². The lowest BCUT2D eigenvalue weighted by Crippen LogP contribution is -2.46. The fraction of sp³-hybridized carbons (Fsp3) is 0.242. The minimum Gasteiger partial charge on any atom is -0.497 e. The lowest BCUT2D eigenvalue weighted by atomic mass is 10.1. The van der Waals surface area contributed by atoms with Crippen LogP contribution in [0.1, 0.15) is 116 Å². The van der Waals surface area contributed by atoms with Gasteiger partial charge in [0, 0.05) is 47.3 Å². The number of ether oxygens (including phenoxy) is 2. The van der Waals surface area contributed by atoms with E-state index in [-0.39, 0.29) is 57.7 Å². The third-order valence-electron chi connectivity index (χ3n) is 22.7. The molecule has 0 aliphatic carbocycles. The average molecular weight is 1740 g/mol. The van der Waals surface area contributed by atoms with E-state index >= 15 is 0 Å². The molecule has 14 aromatic rings. The number of carbonyl (C=O) groups is 3. The quantitative estimate of drug-likeness (QED) is 0.0956. The summed E-state index contributed by atoms with van der Waals surface area (Å²) in [6, 6.07) is 59.7. The first kappa shape index (κ1) is 82.8. The molecular formula is C91H83Cl4N21O8. The number of halogens is 4. The Labute approximate surface area is 731 Å². The number of nitrogens with zero attached hydrogens (tertiary/aromatic N) is 19. The first-order valence-electron chi connectivity index (χ1n) is 40.4. The third kappa shape index (κ3) is 16.2. The lowest BCUT2D eigenvalue weighted by Gasteiger charge is -2.37. The van der Waals surface area contributed by atoms with Crippen molar-refractivity contribution in [3.8, 4) is 28.6 Å². The van der Waals surface area contributed by atoms with Gasteiger partial charge in [0.15, 0.2) is 0 Å². The van der Waals surface area contributed by atoms with Crippen LogP contribution in [-0.2, 0) is 13.1 Å². The Hall–Kier alpha value is -13.5. The van der Waals surface area contributed by atoms with Crippen molar-refractivity contribution < 1.29 is 23.9 Å². The van der Waals surface area contributed by atoms with Crippen LogP contribution in [0.4, 0.5) is 29.1 Å². The molecule has 6 aliphatic heterocycles. The number of anilines is 5. The van der Waals surface area contributed by atoms with Gasteiger partial charge in [-0.2, -0.15) is 0 Å². The molecule has 0 saturated carbocycles. The number of rotatable bonds is 14. The van der Waals surface area contributed by atoms with Gasteiger partial charge in [-0.25, -0.2) is 44.9 Å². The highest BCUT2D eigenvalue weighted by Gasteiger charge is 2.41. The van der Waals surface area contributed by atoms with Crippen LogP contribution in [0.25, 0.3) is 49.8 Å². The second kappa shape index (κ2) is 35.9. The van der Waals surface area contributed by atoms with Crippen LogP contribution in [-0.4, -0.2) is 166 Å². The van der Waals surface area contributed by atoms with Crippen molar-refractivity contribution in [2.24, 2.45) is 0 Å². The van der Waals surface area contributed by atoms with Gasteiger partial charge in [-0.3, -0.25) is 42.5 Å². The molecule has 3 saturated heterocycles. The minimum atomic E-state index is -0.319. The monoisotopic (exact) mass is 1740 g/mol. The van der Waals surface area contributed by atoms with Gasteiger partial charge >= 0.3 is 0 Å². The topological polar surface area (TPSA) is 298 Å². The van der Waals surface area contributed by atoms with E-state index in [1.54, 1.807) is 100 Å². The molecule has 0 radical (unpaired) electrons. The van der Waals surface area contributed by atoms with E-state index in [9.17, 15) is 28.8 Å². The standard InChI is InChI=1S/C33H30ClN7O3.C25H22ClN7O2.C18H16ClN3O.C15H15ClN4O2/c1-38-20-39(18-21-13-15-23(44-2)16-14-21)30-28(32(38)42)31(36-19-35-30)40-17-7-12-26(40)29-37-25-11-6-10-24(34)27(25)33(43)41(29)22-8-4-3-5-9-22;1-31-14-29-21-20(24(31)34)23(28-13-27-21)32-12-6-11-18(32)22-30-17-10-5-9-16(26)19(17)25(35)33(22)15-7-3-2-4-8-15;19-13-8-4-9-14-16(13)18(23)22(12-6-2-1-3-7-12)17(21-14)15-10-5-11-20-15;1-19-9-20(7-10-3-5-11(22-2)6-4-10)14-12(15(19)21)13(16)17-8-18-14/h3-6,8-11,13-16,19,26H,7,12,17-18,20H2,1-2H3;2-5,7-10,13,18H,6,11-12,14H2,1H3,(H,27,28,29);1-4,6-9,15,20H,5,10-11H2;3-6,8H,7,9H2,1-2H3/t;;15-;/m..0./s1. The summed E-state index contributed by atoms with van der Waals surface area (Å²) >= 11 is 25.3. The number of carbonyl (C=O) groups excluding carboxylic acids is 3. The molecule has 29 nitrogen and oxygen atoms in total. The number of benzene rings is 8. The molecule has 3 atom stereocenters. The Kier molecular flexibility index (Phi) is 24.0. The molecule has 6 aliphatic rings. The molecular weight excluding hydrogens is 1660 g/mol. The summed E-state index contributed by atoms with van der Waals surface area (Å²) < 4.78 is 15.4. The lowest BCUT2D eigenvalue weighted by molar-refractivity contribution is 0.0773. The van der Waals surface area contributed by atoms with Crippen molar-refractivity contribution in [3.63, 3.8) is 0 Å². The molecule has 8 aromatic carbocycles. The van der Waals surface area contributed by atoms with Crippen molar-refractivity contribution >= 4 is 126 Å². The molecule has 0 spiro atoms. The molecule has 20 rings (SSSR count). The van der Waals surface area contributed by atoms with Crippen molar-refractivity contribution in [1.82, 2.24) is 78.6 Å². The van der Waals surface area contributed by atoms with Gasteiger partial charge in [0.25, 0.3) is 34.4 Å². The van der Waals surface area contributed by atoms with E-state index in [1.807, 2.05) is 163 Å². The fourth-order valence-corrected chi connectivity index (χ4v) is 17.7. The number of fused-ring (bicyclic) bond motifs is 6. The van der Waals surface area contributed by atoms with Gasteiger partial charge < -0.3 is 54.4 Å². The van der Waals surface area contributed by atoms with Crippen LogP contribution in [0.5, 0.6) is 11.5 Å². The SMILES string of the molecule is CN1CNc2ncnc(N3CCCC3c3nc4cccc(Cl)c4c(=O)n3-c3ccccc3)c2C1=O.COc1ccc(CN2CN(C)C(=O)c3c(Cl)ncnc32)cc1.COc1ccc(CN2CN(C)C(=O)c3c2ncnc3N2CCCC2c2nc3cccc(Cl)c3c(=O)n2-c2ccccc2)cc1.O=c1c2c(Cl)cccc2nc([C@@H]2CCCN2)n1-c1ccccc1. The predicted octanol–water partition coefficient (Wildman–Crippen LogP) is 14.5. The largest absolute Gasteiger partial charge is 0.497 e. The van der Waals surface area contributed by atoms with Crippen LogP contribution in [0.2, 0.25) is 20.2 Å². The predicted molar refractivity (Wildman–Crippen MR) is 480 cm³/mol. The highest BCUT2D eigenvalue weighted by atomic mass is 35.5. The summed E-state index contributed by atoms with van der Waals surface area (Å²) in [5.74, 6) is 5.81. The molecule has 628 valence electrons. The molecule has 12 heterocycles. The Balaban J connectivity index is 0.000000122. The van der Waals surface area contributed by atoms with Crippen molar-refractivity contribution in [2.75, 3.05) is 99.9 Å². The molecule has 124 heavy (non-hydrogen) atoms. The Morgan fingerprint density at radius 1 is 0.403 bits per heavy atom. The number of hydrogen-bond donors (Lipinski definition) is 2. The summed E-state index contributed by atoms with van der Waals surface area (Å²) in [5.41, 5.74) is 6.74. The third-order valence-corrected chi connectivity index (χ3v) is 23.9. The minimum absolute atomic E-state index is 0.0892. The van der Waals surface area contributed by atoms with Gasteiger partial charge in [0.2, 0.25) is 0 Å². The van der Waals surface area contributed by atoms with Gasteiger partial charge in [0.1, 0.15) is 98.9 Å². The van der Waals surface area contributed by atoms with Crippen LogP contribution >= 0.6 is 46.4 Å².